The van der Waals surface area contributed by atoms with Crippen LogP contribution in [0, 0.1) is 0 Å². The van der Waals surface area contributed by atoms with E-state index in [1.54, 1.807) is 0 Å². The third-order valence-electron chi connectivity index (χ3n) is 4.11. The van der Waals surface area contributed by atoms with Crippen molar-refractivity contribution in [1.82, 2.24) is 0 Å². The SMILES string of the molecule is O=C1CCN(C2CCCCC2)c2ccccc21. The topological polar surface area (TPSA) is 20.3 Å². The summed E-state index contributed by atoms with van der Waals surface area (Å²) >= 11 is 0. The van der Waals surface area contributed by atoms with Crippen molar-refractivity contribution in [1.29, 1.82) is 0 Å². The van der Waals surface area contributed by atoms with Gasteiger partial charge in [-0.1, -0.05) is 31.4 Å². The number of anilines is 1. The van der Waals surface area contributed by atoms with Crippen molar-refractivity contribution < 1.29 is 4.79 Å². The summed E-state index contributed by atoms with van der Waals surface area (Å²) in [5.74, 6) is 0.313. The Hall–Kier alpha value is -1.31. The van der Waals surface area contributed by atoms with Crippen molar-refractivity contribution >= 4 is 11.5 Å². The second kappa shape index (κ2) is 4.52. The lowest BCUT2D eigenvalue weighted by molar-refractivity contribution is 0.0978. The van der Waals surface area contributed by atoms with Crippen LogP contribution in [0.4, 0.5) is 5.69 Å². The Morgan fingerprint density at radius 2 is 1.82 bits per heavy atom. The first kappa shape index (κ1) is 10.8. The fourth-order valence-electron chi connectivity index (χ4n) is 3.21. The molecule has 0 spiro atoms. The molecule has 1 saturated carbocycles. The Morgan fingerprint density at radius 3 is 2.65 bits per heavy atom. The van der Waals surface area contributed by atoms with Gasteiger partial charge in [-0.05, 0) is 25.0 Å². The maximum Gasteiger partial charge on any atom is 0.166 e. The molecule has 90 valence electrons. The van der Waals surface area contributed by atoms with Crippen LogP contribution in [0.1, 0.15) is 48.9 Å². The van der Waals surface area contributed by atoms with Crippen LogP contribution in [0.15, 0.2) is 24.3 Å². The molecule has 2 nitrogen and oxygen atoms in total. The fourth-order valence-corrected chi connectivity index (χ4v) is 3.21. The highest BCUT2D eigenvalue weighted by atomic mass is 16.1. The second-order valence-electron chi connectivity index (χ2n) is 5.18. The number of Topliss-reactive ketones (excluding diaryl/α,β-unsaturated/α-hetero) is 1. The van der Waals surface area contributed by atoms with Gasteiger partial charge < -0.3 is 4.90 Å². The number of hydrogen-bond donors (Lipinski definition) is 0. The monoisotopic (exact) mass is 229 g/mol. The van der Waals surface area contributed by atoms with E-state index in [4.69, 9.17) is 0 Å². The van der Waals surface area contributed by atoms with Gasteiger partial charge in [-0.2, -0.15) is 0 Å². The molecule has 1 fully saturated rings. The Bertz CT molecular complexity index is 421. The fraction of sp³-hybridized carbons (Fsp3) is 0.533. The highest BCUT2D eigenvalue weighted by Gasteiger charge is 2.28. The van der Waals surface area contributed by atoms with E-state index < -0.39 is 0 Å². The van der Waals surface area contributed by atoms with Gasteiger partial charge in [0.15, 0.2) is 5.78 Å². The maximum absolute atomic E-state index is 11.9. The molecule has 0 atom stereocenters. The van der Waals surface area contributed by atoms with Crippen molar-refractivity contribution in [3.63, 3.8) is 0 Å². The molecule has 17 heavy (non-hydrogen) atoms. The molecule has 3 rings (SSSR count). The van der Waals surface area contributed by atoms with Crippen LogP contribution in [-0.4, -0.2) is 18.4 Å². The van der Waals surface area contributed by atoms with Crippen molar-refractivity contribution in [3.05, 3.63) is 29.8 Å². The predicted octanol–water partition coefficient (Wildman–Crippen LogP) is 3.41. The van der Waals surface area contributed by atoms with Crippen molar-refractivity contribution in [2.75, 3.05) is 11.4 Å². The van der Waals surface area contributed by atoms with E-state index in [0.717, 1.165) is 12.1 Å². The average molecular weight is 229 g/mol. The quantitative estimate of drug-likeness (QED) is 0.735. The highest BCUT2D eigenvalue weighted by molar-refractivity contribution is 6.03. The molecule has 0 N–H and O–H groups in total. The maximum atomic E-state index is 11.9. The van der Waals surface area contributed by atoms with Crippen LogP contribution in [0.3, 0.4) is 0 Å². The number of rotatable bonds is 1. The summed E-state index contributed by atoms with van der Waals surface area (Å²) in [6, 6.07) is 8.78. The Kier molecular flexibility index (Phi) is 2.87. The number of nitrogens with zero attached hydrogens (tertiary/aromatic N) is 1. The molecular weight excluding hydrogens is 210 g/mol. The van der Waals surface area contributed by atoms with Gasteiger partial charge in [0.25, 0.3) is 0 Å². The molecule has 0 saturated heterocycles. The van der Waals surface area contributed by atoms with Gasteiger partial charge >= 0.3 is 0 Å². The summed E-state index contributed by atoms with van der Waals surface area (Å²) in [5, 5.41) is 0. The average Bonchev–Trinajstić information content (AvgIpc) is 2.41. The first-order valence-corrected chi connectivity index (χ1v) is 6.75. The largest absolute Gasteiger partial charge is 0.368 e. The van der Waals surface area contributed by atoms with Gasteiger partial charge in [-0.15, -0.1) is 0 Å². The van der Waals surface area contributed by atoms with Crippen LogP contribution < -0.4 is 4.90 Å². The van der Waals surface area contributed by atoms with Gasteiger partial charge in [0, 0.05) is 30.3 Å². The summed E-state index contributed by atoms with van der Waals surface area (Å²) in [6.45, 7) is 0.917. The molecule has 0 unspecified atom stereocenters. The molecule has 2 aliphatic rings. The van der Waals surface area contributed by atoms with E-state index in [9.17, 15) is 4.79 Å². The minimum atomic E-state index is 0.313. The number of hydrogen-bond acceptors (Lipinski definition) is 2. The van der Waals surface area contributed by atoms with E-state index in [1.165, 1.54) is 37.8 Å². The zero-order valence-corrected chi connectivity index (χ0v) is 10.2. The Balaban J connectivity index is 1.91. The molecule has 1 heterocycles. The van der Waals surface area contributed by atoms with Crippen molar-refractivity contribution in [3.8, 4) is 0 Å². The molecule has 0 amide bonds. The van der Waals surface area contributed by atoms with Crippen molar-refractivity contribution in [2.24, 2.45) is 0 Å². The lowest BCUT2D eigenvalue weighted by atomic mass is 9.91. The third-order valence-corrected chi connectivity index (χ3v) is 4.11. The van der Waals surface area contributed by atoms with Gasteiger partial charge in [0.05, 0.1) is 0 Å². The van der Waals surface area contributed by atoms with Gasteiger partial charge in [-0.25, -0.2) is 0 Å². The zero-order valence-electron chi connectivity index (χ0n) is 10.2. The number of fused-ring (bicyclic) bond motifs is 1. The lowest BCUT2D eigenvalue weighted by Crippen LogP contribution is -2.41. The molecule has 2 heteroatoms. The van der Waals surface area contributed by atoms with Gasteiger partial charge in [-0.3, -0.25) is 4.79 Å². The minimum absolute atomic E-state index is 0.313. The highest BCUT2D eigenvalue weighted by Crippen LogP contribution is 2.33. The normalized spacial score (nSPS) is 21.4. The number of ketones is 1. The molecule has 1 aromatic carbocycles. The van der Waals surface area contributed by atoms with E-state index in [1.807, 2.05) is 18.2 Å². The first-order chi connectivity index (χ1) is 8.36. The zero-order chi connectivity index (χ0) is 11.7. The second-order valence-corrected chi connectivity index (χ2v) is 5.18. The number of carbonyl (C=O) groups is 1. The molecule has 1 aromatic rings. The number of benzene rings is 1. The Labute approximate surface area is 103 Å². The van der Waals surface area contributed by atoms with Crippen LogP contribution in [0.2, 0.25) is 0 Å². The van der Waals surface area contributed by atoms with E-state index in [0.29, 0.717) is 18.2 Å². The minimum Gasteiger partial charge on any atom is -0.368 e. The standard InChI is InChI=1S/C15H19NO/c17-15-10-11-16(12-6-2-1-3-7-12)14-9-5-4-8-13(14)15/h4-5,8-9,12H,1-3,6-7,10-11H2. The predicted molar refractivity (Wildman–Crippen MR) is 69.6 cm³/mol. The number of carbonyl (C=O) groups excluding carboxylic acids is 1. The number of para-hydroxylation sites is 1. The Morgan fingerprint density at radius 1 is 1.06 bits per heavy atom. The molecular formula is C15H19NO. The summed E-state index contributed by atoms with van der Waals surface area (Å²) in [5.41, 5.74) is 2.11. The van der Waals surface area contributed by atoms with E-state index in [-0.39, 0.29) is 0 Å². The summed E-state index contributed by atoms with van der Waals surface area (Å²) < 4.78 is 0. The molecule has 0 aromatic heterocycles. The lowest BCUT2D eigenvalue weighted by Gasteiger charge is -2.39. The van der Waals surface area contributed by atoms with Crippen LogP contribution >= 0.6 is 0 Å². The summed E-state index contributed by atoms with van der Waals surface area (Å²) in [6.07, 6.45) is 7.35. The van der Waals surface area contributed by atoms with Crippen LogP contribution in [0.25, 0.3) is 0 Å². The summed E-state index contributed by atoms with van der Waals surface area (Å²) in [4.78, 5) is 14.4. The molecule has 0 bridgehead atoms. The van der Waals surface area contributed by atoms with Crippen LogP contribution in [-0.2, 0) is 0 Å². The van der Waals surface area contributed by atoms with Gasteiger partial charge in [0.1, 0.15) is 0 Å². The smallest absolute Gasteiger partial charge is 0.166 e. The molecule has 1 aliphatic carbocycles. The summed E-state index contributed by atoms with van der Waals surface area (Å²) in [7, 11) is 0. The van der Waals surface area contributed by atoms with E-state index in [2.05, 4.69) is 11.0 Å². The van der Waals surface area contributed by atoms with E-state index >= 15 is 0 Å². The first-order valence-electron chi connectivity index (χ1n) is 6.75. The van der Waals surface area contributed by atoms with Crippen LogP contribution in [0.5, 0.6) is 0 Å². The van der Waals surface area contributed by atoms with Gasteiger partial charge in [0.2, 0.25) is 0 Å². The molecule has 1 aliphatic heterocycles. The molecule has 0 radical (unpaired) electrons. The third kappa shape index (κ3) is 1.97. The van der Waals surface area contributed by atoms with Crippen molar-refractivity contribution in [2.45, 2.75) is 44.6 Å².